The molecule has 4 heteroatoms. The van der Waals surface area contributed by atoms with Crippen LogP contribution in [-0.2, 0) is 0 Å². The van der Waals surface area contributed by atoms with E-state index < -0.39 is 0 Å². The zero-order valence-corrected chi connectivity index (χ0v) is 5.83. The van der Waals surface area contributed by atoms with Crippen LogP contribution in [0.15, 0.2) is 23.0 Å². The van der Waals surface area contributed by atoms with Crippen LogP contribution in [-0.4, -0.2) is 12.6 Å². The van der Waals surface area contributed by atoms with Crippen LogP contribution < -0.4 is 10.6 Å². The van der Waals surface area contributed by atoms with Gasteiger partial charge in [0, 0.05) is 12.1 Å². The number of furan rings is 1. The Morgan fingerprint density at radius 3 is 3.09 bits per heavy atom. The molecule has 0 radical (unpaired) electrons. The third kappa shape index (κ3) is 1.07. The molecule has 0 aromatic carbocycles. The summed E-state index contributed by atoms with van der Waals surface area (Å²) in [6, 6.07) is 1.80. The Kier molecular flexibility index (Phi) is 1.31. The maximum atomic E-state index is 10.7. The molecule has 2 N–H and O–H groups in total. The lowest BCUT2D eigenvalue weighted by Gasteiger charge is -2.02. The van der Waals surface area contributed by atoms with E-state index in [9.17, 15) is 4.79 Å². The zero-order chi connectivity index (χ0) is 7.68. The van der Waals surface area contributed by atoms with E-state index in [1.165, 1.54) is 0 Å². The van der Waals surface area contributed by atoms with Gasteiger partial charge in [0.25, 0.3) is 0 Å². The first-order valence-electron chi connectivity index (χ1n) is 3.43. The second kappa shape index (κ2) is 2.30. The van der Waals surface area contributed by atoms with Crippen molar-refractivity contribution in [2.45, 2.75) is 6.04 Å². The first-order chi connectivity index (χ1) is 5.36. The van der Waals surface area contributed by atoms with Gasteiger partial charge in [-0.3, -0.25) is 0 Å². The molecule has 1 aromatic heterocycles. The van der Waals surface area contributed by atoms with Crippen LogP contribution in [0.25, 0.3) is 0 Å². The number of carbonyl (C=O) groups excluding carboxylic acids is 1. The lowest BCUT2D eigenvalue weighted by atomic mass is 10.2. The summed E-state index contributed by atoms with van der Waals surface area (Å²) in [6.45, 7) is 0.637. The Balaban J connectivity index is 2.13. The molecule has 4 nitrogen and oxygen atoms in total. The standard InChI is InChI=1S/C7H8N2O2/c10-7-8-3-6(9-7)5-1-2-11-4-5/h1-2,4,6H,3H2,(H2,8,9,10)/t6-/m1/s1. The molecule has 0 aliphatic carbocycles. The number of rotatable bonds is 1. The van der Waals surface area contributed by atoms with E-state index in [0.717, 1.165) is 5.56 Å². The van der Waals surface area contributed by atoms with Gasteiger partial charge < -0.3 is 15.1 Å². The number of hydrogen-bond acceptors (Lipinski definition) is 2. The second-order valence-corrected chi connectivity index (χ2v) is 2.46. The molecule has 2 rings (SSSR count). The average Bonchev–Trinajstić information content (AvgIpc) is 2.55. The molecule has 1 atom stereocenters. The maximum absolute atomic E-state index is 10.7. The van der Waals surface area contributed by atoms with Crippen LogP contribution in [0.5, 0.6) is 0 Å². The fraction of sp³-hybridized carbons (Fsp3) is 0.286. The van der Waals surface area contributed by atoms with Crippen molar-refractivity contribution in [3.8, 4) is 0 Å². The number of nitrogens with one attached hydrogen (secondary N) is 2. The molecule has 0 saturated carbocycles. The number of carbonyl (C=O) groups is 1. The Labute approximate surface area is 63.6 Å². The van der Waals surface area contributed by atoms with Gasteiger partial charge in [0.1, 0.15) is 0 Å². The van der Waals surface area contributed by atoms with Crippen molar-refractivity contribution < 1.29 is 9.21 Å². The topological polar surface area (TPSA) is 54.3 Å². The predicted octanol–water partition coefficient (Wildman–Crippen LogP) is 0.634. The Morgan fingerprint density at radius 1 is 1.64 bits per heavy atom. The largest absolute Gasteiger partial charge is 0.472 e. The van der Waals surface area contributed by atoms with Gasteiger partial charge in [0.05, 0.1) is 18.6 Å². The van der Waals surface area contributed by atoms with Crippen LogP contribution in [0.3, 0.4) is 0 Å². The molecule has 1 aliphatic rings. The van der Waals surface area contributed by atoms with Crippen molar-refractivity contribution in [2.24, 2.45) is 0 Å². The van der Waals surface area contributed by atoms with Gasteiger partial charge in [0.15, 0.2) is 0 Å². The van der Waals surface area contributed by atoms with Crippen LogP contribution in [0.2, 0.25) is 0 Å². The summed E-state index contributed by atoms with van der Waals surface area (Å²) in [5.74, 6) is 0. The minimum atomic E-state index is -0.115. The van der Waals surface area contributed by atoms with Gasteiger partial charge >= 0.3 is 6.03 Å². The molecule has 1 aliphatic heterocycles. The molecular weight excluding hydrogens is 144 g/mol. The van der Waals surface area contributed by atoms with Crippen LogP contribution in [0, 0.1) is 0 Å². The summed E-state index contributed by atoms with van der Waals surface area (Å²) in [7, 11) is 0. The Bertz CT molecular complexity index is 255. The summed E-state index contributed by atoms with van der Waals surface area (Å²) < 4.78 is 4.88. The van der Waals surface area contributed by atoms with Crippen LogP contribution >= 0.6 is 0 Å². The van der Waals surface area contributed by atoms with Crippen molar-refractivity contribution in [2.75, 3.05) is 6.54 Å². The first-order valence-corrected chi connectivity index (χ1v) is 3.43. The third-order valence-electron chi connectivity index (χ3n) is 1.72. The monoisotopic (exact) mass is 152 g/mol. The maximum Gasteiger partial charge on any atom is 0.315 e. The molecule has 1 aromatic rings. The quantitative estimate of drug-likeness (QED) is 0.620. The number of amides is 2. The highest BCUT2D eigenvalue weighted by atomic mass is 16.3. The van der Waals surface area contributed by atoms with Crippen molar-refractivity contribution in [3.05, 3.63) is 24.2 Å². The lowest BCUT2D eigenvalue weighted by molar-refractivity contribution is 0.247. The molecule has 0 unspecified atom stereocenters. The SMILES string of the molecule is O=C1NC[C@H](c2ccoc2)N1. The molecule has 11 heavy (non-hydrogen) atoms. The van der Waals surface area contributed by atoms with E-state index in [4.69, 9.17) is 4.42 Å². The van der Waals surface area contributed by atoms with Gasteiger partial charge in [0.2, 0.25) is 0 Å². The van der Waals surface area contributed by atoms with Crippen molar-refractivity contribution in [1.82, 2.24) is 10.6 Å². The summed E-state index contributed by atoms with van der Waals surface area (Å²) in [6.07, 6.45) is 3.23. The number of hydrogen-bond donors (Lipinski definition) is 2. The number of urea groups is 1. The molecule has 58 valence electrons. The molecule has 2 heterocycles. The molecular formula is C7H8N2O2. The van der Waals surface area contributed by atoms with Crippen molar-refractivity contribution in [1.29, 1.82) is 0 Å². The second-order valence-electron chi connectivity index (χ2n) is 2.46. The molecule has 0 spiro atoms. The highest BCUT2D eigenvalue weighted by Gasteiger charge is 2.21. The smallest absolute Gasteiger partial charge is 0.315 e. The van der Waals surface area contributed by atoms with Gasteiger partial charge in [-0.2, -0.15) is 0 Å². The molecule has 2 amide bonds. The van der Waals surface area contributed by atoms with E-state index in [-0.39, 0.29) is 12.1 Å². The van der Waals surface area contributed by atoms with Gasteiger partial charge in [-0.05, 0) is 6.07 Å². The van der Waals surface area contributed by atoms with E-state index in [1.807, 2.05) is 6.07 Å². The van der Waals surface area contributed by atoms with Crippen LogP contribution in [0.1, 0.15) is 11.6 Å². The first kappa shape index (κ1) is 6.27. The predicted molar refractivity (Wildman–Crippen MR) is 38.0 cm³/mol. The summed E-state index contributed by atoms with van der Waals surface area (Å²) >= 11 is 0. The fourth-order valence-corrected chi connectivity index (χ4v) is 1.13. The van der Waals surface area contributed by atoms with E-state index in [0.29, 0.717) is 6.54 Å². The van der Waals surface area contributed by atoms with E-state index in [2.05, 4.69) is 10.6 Å². The highest BCUT2D eigenvalue weighted by Crippen LogP contribution is 2.14. The highest BCUT2D eigenvalue weighted by molar-refractivity contribution is 5.76. The zero-order valence-electron chi connectivity index (χ0n) is 5.83. The van der Waals surface area contributed by atoms with Crippen LogP contribution in [0.4, 0.5) is 4.79 Å². The molecule has 1 fully saturated rings. The lowest BCUT2D eigenvalue weighted by Crippen LogP contribution is -2.21. The fourth-order valence-electron chi connectivity index (χ4n) is 1.13. The minimum absolute atomic E-state index is 0.0706. The third-order valence-corrected chi connectivity index (χ3v) is 1.72. The van der Waals surface area contributed by atoms with Gasteiger partial charge in [-0.25, -0.2) is 4.79 Å². The minimum Gasteiger partial charge on any atom is -0.472 e. The van der Waals surface area contributed by atoms with Gasteiger partial charge in [-0.1, -0.05) is 0 Å². The normalized spacial score (nSPS) is 22.9. The average molecular weight is 152 g/mol. The van der Waals surface area contributed by atoms with Gasteiger partial charge in [-0.15, -0.1) is 0 Å². The van der Waals surface area contributed by atoms with Crippen molar-refractivity contribution in [3.63, 3.8) is 0 Å². The summed E-state index contributed by atoms with van der Waals surface area (Å²) in [5, 5.41) is 5.41. The Morgan fingerprint density at radius 2 is 2.55 bits per heavy atom. The molecule has 0 bridgehead atoms. The Hall–Kier alpha value is -1.45. The summed E-state index contributed by atoms with van der Waals surface area (Å²) in [4.78, 5) is 10.7. The molecule has 1 saturated heterocycles. The summed E-state index contributed by atoms with van der Waals surface area (Å²) in [5.41, 5.74) is 1.00. The van der Waals surface area contributed by atoms with E-state index >= 15 is 0 Å². The van der Waals surface area contributed by atoms with Crippen molar-refractivity contribution >= 4 is 6.03 Å². The van der Waals surface area contributed by atoms with E-state index in [1.54, 1.807) is 12.5 Å².